The molecular formula is C14H15ClFN3O. The molecule has 1 N–H and O–H groups in total. The lowest BCUT2D eigenvalue weighted by molar-refractivity contribution is 0.0759. The van der Waals surface area contributed by atoms with Gasteiger partial charge in [0.1, 0.15) is 5.69 Å². The second-order valence-corrected chi connectivity index (χ2v) is 4.76. The van der Waals surface area contributed by atoms with Gasteiger partial charge < -0.3 is 9.88 Å². The van der Waals surface area contributed by atoms with E-state index >= 15 is 0 Å². The van der Waals surface area contributed by atoms with Crippen LogP contribution in [0, 0.1) is 0 Å². The van der Waals surface area contributed by atoms with Crippen molar-refractivity contribution in [1.29, 1.82) is 0 Å². The lowest BCUT2D eigenvalue weighted by Gasteiger charge is -2.19. The summed E-state index contributed by atoms with van der Waals surface area (Å²) in [5.74, 6) is -0.624. The standard InChI is InChI=1S/C14H15ClFN3O/c1-3-19(7-5-9(2)16)14(20)11-8-10-4-6-17-13(15)12(10)18-11/h4,6,8,18H,2-3,5,7H2,1H3. The van der Waals surface area contributed by atoms with Crippen LogP contribution in [0.15, 0.2) is 30.7 Å². The zero-order valence-corrected chi connectivity index (χ0v) is 11.9. The van der Waals surface area contributed by atoms with E-state index in [2.05, 4.69) is 16.5 Å². The fourth-order valence-electron chi connectivity index (χ4n) is 1.97. The molecule has 2 heterocycles. The Morgan fingerprint density at radius 2 is 2.35 bits per heavy atom. The maximum Gasteiger partial charge on any atom is 0.270 e. The lowest BCUT2D eigenvalue weighted by atomic mass is 10.3. The number of hydrogen-bond acceptors (Lipinski definition) is 2. The predicted octanol–water partition coefficient (Wildman–Crippen LogP) is 3.55. The number of hydrogen-bond donors (Lipinski definition) is 1. The molecule has 0 spiro atoms. The number of pyridine rings is 1. The van der Waals surface area contributed by atoms with E-state index in [0.717, 1.165) is 5.39 Å². The molecule has 4 nitrogen and oxygen atoms in total. The van der Waals surface area contributed by atoms with Crippen molar-refractivity contribution in [3.8, 4) is 0 Å². The van der Waals surface area contributed by atoms with Crippen LogP contribution < -0.4 is 0 Å². The molecule has 0 aromatic carbocycles. The average molecular weight is 296 g/mol. The van der Waals surface area contributed by atoms with Gasteiger partial charge in [-0.2, -0.15) is 0 Å². The molecule has 0 unspecified atom stereocenters. The van der Waals surface area contributed by atoms with Crippen LogP contribution in [-0.2, 0) is 0 Å². The highest BCUT2D eigenvalue weighted by Crippen LogP contribution is 2.22. The van der Waals surface area contributed by atoms with Gasteiger partial charge in [0.15, 0.2) is 5.15 Å². The molecule has 0 bridgehead atoms. The highest BCUT2D eigenvalue weighted by atomic mass is 35.5. The van der Waals surface area contributed by atoms with Gasteiger partial charge in [-0.3, -0.25) is 4.79 Å². The largest absolute Gasteiger partial charge is 0.348 e. The van der Waals surface area contributed by atoms with Gasteiger partial charge in [-0.05, 0) is 19.1 Å². The quantitative estimate of drug-likeness (QED) is 0.858. The molecule has 0 fully saturated rings. The van der Waals surface area contributed by atoms with Crippen LogP contribution in [0.3, 0.4) is 0 Å². The van der Waals surface area contributed by atoms with Gasteiger partial charge in [0.05, 0.1) is 11.3 Å². The number of amides is 1. The molecule has 0 saturated heterocycles. The molecule has 1 amide bonds. The van der Waals surface area contributed by atoms with Crippen LogP contribution in [0.1, 0.15) is 23.8 Å². The van der Waals surface area contributed by atoms with Crippen molar-refractivity contribution in [2.45, 2.75) is 13.3 Å². The third kappa shape index (κ3) is 2.99. The Labute approximate surface area is 121 Å². The minimum atomic E-state index is -0.430. The van der Waals surface area contributed by atoms with Crippen molar-refractivity contribution < 1.29 is 9.18 Å². The number of aromatic amines is 1. The van der Waals surface area contributed by atoms with Crippen molar-refractivity contribution in [2.75, 3.05) is 13.1 Å². The smallest absolute Gasteiger partial charge is 0.270 e. The maximum absolute atomic E-state index is 12.7. The third-order valence-electron chi connectivity index (χ3n) is 3.05. The van der Waals surface area contributed by atoms with E-state index in [-0.39, 0.29) is 12.3 Å². The monoisotopic (exact) mass is 295 g/mol. The molecule has 2 aromatic heterocycles. The van der Waals surface area contributed by atoms with E-state index in [1.54, 1.807) is 23.2 Å². The van der Waals surface area contributed by atoms with Gasteiger partial charge in [0, 0.05) is 31.1 Å². The Balaban J connectivity index is 2.25. The number of nitrogens with zero attached hydrogens (tertiary/aromatic N) is 2. The first kappa shape index (κ1) is 14.5. The van der Waals surface area contributed by atoms with Crippen LogP contribution >= 0.6 is 11.6 Å². The number of nitrogens with one attached hydrogen (secondary N) is 1. The van der Waals surface area contributed by atoms with Crippen molar-refractivity contribution in [2.24, 2.45) is 0 Å². The van der Waals surface area contributed by atoms with Crippen LogP contribution in [-0.4, -0.2) is 33.9 Å². The molecule has 0 aliphatic rings. The van der Waals surface area contributed by atoms with Crippen LogP contribution in [0.4, 0.5) is 4.39 Å². The molecule has 0 radical (unpaired) electrons. The number of carbonyl (C=O) groups is 1. The summed E-state index contributed by atoms with van der Waals surface area (Å²) < 4.78 is 12.7. The van der Waals surface area contributed by atoms with Gasteiger partial charge in [-0.25, -0.2) is 9.37 Å². The minimum absolute atomic E-state index is 0.141. The summed E-state index contributed by atoms with van der Waals surface area (Å²) in [7, 11) is 0. The zero-order valence-electron chi connectivity index (χ0n) is 11.1. The van der Waals surface area contributed by atoms with Crippen LogP contribution in [0.2, 0.25) is 5.15 Å². The number of rotatable bonds is 5. The first-order valence-electron chi connectivity index (χ1n) is 6.28. The highest BCUT2D eigenvalue weighted by Gasteiger charge is 2.17. The lowest BCUT2D eigenvalue weighted by Crippen LogP contribution is -2.32. The molecule has 106 valence electrons. The number of halogens is 2. The molecule has 20 heavy (non-hydrogen) atoms. The molecule has 2 aromatic rings. The van der Waals surface area contributed by atoms with Gasteiger partial charge in [0.25, 0.3) is 5.91 Å². The van der Waals surface area contributed by atoms with Gasteiger partial charge in [-0.1, -0.05) is 18.2 Å². The summed E-state index contributed by atoms with van der Waals surface area (Å²) >= 11 is 5.96. The maximum atomic E-state index is 12.7. The Kier molecular flexibility index (Phi) is 4.39. The molecule has 0 aliphatic carbocycles. The number of H-pyrrole nitrogens is 1. The van der Waals surface area contributed by atoms with Crippen molar-refractivity contribution >= 4 is 28.4 Å². The van der Waals surface area contributed by atoms with Gasteiger partial charge in [0.2, 0.25) is 0 Å². The van der Waals surface area contributed by atoms with Crippen LogP contribution in [0.25, 0.3) is 10.9 Å². The first-order valence-corrected chi connectivity index (χ1v) is 6.66. The Morgan fingerprint density at radius 3 is 2.95 bits per heavy atom. The Hall–Kier alpha value is -1.88. The SMILES string of the molecule is C=C(F)CCN(CC)C(=O)c1cc2ccnc(Cl)c2[nH]1. The molecule has 0 aliphatic heterocycles. The second-order valence-electron chi connectivity index (χ2n) is 4.40. The fraction of sp³-hybridized carbons (Fsp3) is 0.286. The number of carbonyl (C=O) groups excluding carboxylic acids is 1. The Bertz CT molecular complexity index is 653. The molecular weight excluding hydrogens is 281 g/mol. The molecule has 0 atom stereocenters. The summed E-state index contributed by atoms with van der Waals surface area (Å²) in [6.45, 7) is 5.84. The second kappa shape index (κ2) is 6.05. The van der Waals surface area contributed by atoms with E-state index in [1.165, 1.54) is 0 Å². The van der Waals surface area contributed by atoms with Crippen LogP contribution in [0.5, 0.6) is 0 Å². The zero-order chi connectivity index (χ0) is 14.7. The van der Waals surface area contributed by atoms with E-state index < -0.39 is 5.83 Å². The number of aromatic nitrogens is 2. The summed E-state index contributed by atoms with van der Waals surface area (Å²) in [6.07, 6.45) is 1.72. The van der Waals surface area contributed by atoms with E-state index in [0.29, 0.717) is 29.5 Å². The fourth-order valence-corrected chi connectivity index (χ4v) is 2.18. The topological polar surface area (TPSA) is 49.0 Å². The van der Waals surface area contributed by atoms with E-state index in [4.69, 9.17) is 11.6 Å². The van der Waals surface area contributed by atoms with E-state index in [1.807, 2.05) is 6.92 Å². The summed E-state index contributed by atoms with van der Waals surface area (Å²) in [5.41, 5.74) is 1.05. The molecule has 6 heteroatoms. The van der Waals surface area contributed by atoms with Gasteiger partial charge in [-0.15, -0.1) is 0 Å². The van der Waals surface area contributed by atoms with E-state index in [9.17, 15) is 9.18 Å². The molecule has 2 rings (SSSR count). The van der Waals surface area contributed by atoms with Crippen molar-refractivity contribution in [1.82, 2.24) is 14.9 Å². The summed E-state index contributed by atoms with van der Waals surface area (Å²) in [5, 5.41) is 1.14. The summed E-state index contributed by atoms with van der Waals surface area (Å²) in [4.78, 5) is 20.8. The summed E-state index contributed by atoms with van der Waals surface area (Å²) in [6, 6.07) is 3.49. The highest BCUT2D eigenvalue weighted by molar-refractivity contribution is 6.33. The molecule has 0 saturated carbocycles. The predicted molar refractivity (Wildman–Crippen MR) is 77.5 cm³/mol. The van der Waals surface area contributed by atoms with Crippen molar-refractivity contribution in [3.63, 3.8) is 0 Å². The first-order chi connectivity index (χ1) is 9.52. The Morgan fingerprint density at radius 1 is 1.60 bits per heavy atom. The number of fused-ring (bicyclic) bond motifs is 1. The third-order valence-corrected chi connectivity index (χ3v) is 3.34. The normalized spacial score (nSPS) is 10.8. The average Bonchev–Trinajstić information content (AvgIpc) is 2.84. The van der Waals surface area contributed by atoms with Gasteiger partial charge >= 0.3 is 0 Å². The van der Waals surface area contributed by atoms with Crippen molar-refractivity contribution in [3.05, 3.63) is 41.6 Å². The minimum Gasteiger partial charge on any atom is -0.348 e.